The fraction of sp³-hybridized carbons (Fsp3) is 0.273. The molecule has 3 aliphatic heterocycles. The summed E-state index contributed by atoms with van der Waals surface area (Å²) in [5.74, 6) is 1.33. The van der Waals surface area contributed by atoms with E-state index in [2.05, 4.69) is 33.4 Å². The fourth-order valence-corrected chi connectivity index (χ4v) is 7.42. The molecule has 2 N–H and O–H groups in total. The molecule has 5 heterocycles. The number of aromatic nitrogens is 1. The SMILES string of the molecule is O=C(CN1CCOCC1)Nc1ccc2sc(C(=O)N3CCc4c([nH]c5ccccc45)C3c3ccc4c(c3)OCO4)cc2c1. The first-order valence-electron chi connectivity index (χ1n) is 14.5. The summed E-state index contributed by atoms with van der Waals surface area (Å²) in [6.45, 7) is 3.93. The normalized spacial score (nSPS) is 18.2. The van der Waals surface area contributed by atoms with Crippen molar-refractivity contribution >= 4 is 49.8 Å². The van der Waals surface area contributed by atoms with Crippen molar-refractivity contribution in [1.29, 1.82) is 0 Å². The number of benzene rings is 3. The highest BCUT2D eigenvalue weighted by molar-refractivity contribution is 7.20. The Labute approximate surface area is 251 Å². The van der Waals surface area contributed by atoms with Gasteiger partial charge < -0.3 is 29.4 Å². The molecule has 3 aliphatic rings. The number of nitrogens with zero attached hydrogens (tertiary/aromatic N) is 2. The Kier molecular flexibility index (Phi) is 6.54. The van der Waals surface area contributed by atoms with Gasteiger partial charge in [0.05, 0.1) is 30.7 Å². The van der Waals surface area contributed by atoms with Crippen molar-refractivity contribution in [3.63, 3.8) is 0 Å². The molecular formula is C33H30N4O5S. The van der Waals surface area contributed by atoms with Crippen molar-refractivity contribution < 1.29 is 23.8 Å². The lowest BCUT2D eigenvalue weighted by Gasteiger charge is -2.36. The molecule has 1 atom stereocenters. The summed E-state index contributed by atoms with van der Waals surface area (Å²) >= 11 is 1.48. The number of thiophene rings is 1. The largest absolute Gasteiger partial charge is 0.454 e. The first-order valence-corrected chi connectivity index (χ1v) is 15.4. The van der Waals surface area contributed by atoms with Gasteiger partial charge >= 0.3 is 0 Å². The minimum Gasteiger partial charge on any atom is -0.454 e. The van der Waals surface area contributed by atoms with Crippen LogP contribution in [0.5, 0.6) is 11.5 Å². The topological polar surface area (TPSA) is 96.1 Å². The lowest BCUT2D eigenvalue weighted by Crippen LogP contribution is -2.41. The molecule has 0 aliphatic carbocycles. The van der Waals surface area contributed by atoms with Gasteiger partial charge in [-0.25, -0.2) is 0 Å². The molecule has 5 aromatic rings. The Morgan fingerprint density at radius 1 is 0.953 bits per heavy atom. The van der Waals surface area contributed by atoms with E-state index in [4.69, 9.17) is 14.2 Å². The Morgan fingerprint density at radius 3 is 2.72 bits per heavy atom. The second-order valence-corrected chi connectivity index (χ2v) is 12.2. The van der Waals surface area contributed by atoms with E-state index in [0.29, 0.717) is 42.7 Å². The van der Waals surface area contributed by atoms with Crippen molar-refractivity contribution in [3.8, 4) is 11.5 Å². The maximum Gasteiger partial charge on any atom is 0.264 e. The number of morpholine rings is 1. The number of fused-ring (bicyclic) bond motifs is 5. The summed E-state index contributed by atoms with van der Waals surface area (Å²) in [6, 6.07) is 21.7. The summed E-state index contributed by atoms with van der Waals surface area (Å²) in [4.78, 5) is 35.3. The number of hydrogen-bond donors (Lipinski definition) is 2. The fourth-order valence-electron chi connectivity index (χ4n) is 6.42. The van der Waals surface area contributed by atoms with Crippen LogP contribution in [0.1, 0.15) is 32.5 Å². The molecule has 9 nitrogen and oxygen atoms in total. The van der Waals surface area contributed by atoms with E-state index in [1.54, 1.807) is 0 Å². The van der Waals surface area contributed by atoms with Gasteiger partial charge in [-0.15, -0.1) is 11.3 Å². The predicted octanol–water partition coefficient (Wildman–Crippen LogP) is 5.17. The van der Waals surface area contributed by atoms with Crippen LogP contribution in [0.3, 0.4) is 0 Å². The lowest BCUT2D eigenvalue weighted by atomic mass is 9.92. The van der Waals surface area contributed by atoms with Crippen LogP contribution in [-0.2, 0) is 16.0 Å². The second kappa shape index (κ2) is 10.7. The smallest absolute Gasteiger partial charge is 0.264 e. The minimum atomic E-state index is -0.307. The van der Waals surface area contributed by atoms with Crippen LogP contribution in [0, 0.1) is 0 Å². The number of rotatable bonds is 5. The number of amides is 2. The van der Waals surface area contributed by atoms with E-state index in [-0.39, 0.29) is 24.6 Å². The molecule has 2 aromatic heterocycles. The van der Waals surface area contributed by atoms with Crippen LogP contribution in [0.4, 0.5) is 5.69 Å². The molecule has 1 saturated heterocycles. The number of para-hydroxylation sites is 1. The van der Waals surface area contributed by atoms with Crippen molar-refractivity contribution in [3.05, 3.63) is 88.4 Å². The van der Waals surface area contributed by atoms with Gasteiger partial charge in [0, 0.05) is 46.6 Å². The third-order valence-corrected chi connectivity index (χ3v) is 9.59. The van der Waals surface area contributed by atoms with E-state index in [1.807, 2.05) is 53.4 Å². The van der Waals surface area contributed by atoms with E-state index in [0.717, 1.165) is 52.1 Å². The van der Waals surface area contributed by atoms with Crippen LogP contribution < -0.4 is 14.8 Å². The zero-order valence-electron chi connectivity index (χ0n) is 23.4. The van der Waals surface area contributed by atoms with Gasteiger partial charge in [0.1, 0.15) is 0 Å². The van der Waals surface area contributed by atoms with Gasteiger partial charge in [-0.1, -0.05) is 24.3 Å². The predicted molar refractivity (Wildman–Crippen MR) is 165 cm³/mol. The minimum absolute atomic E-state index is 0.0222. The van der Waals surface area contributed by atoms with Crippen molar-refractivity contribution in [2.75, 3.05) is 51.5 Å². The van der Waals surface area contributed by atoms with Crippen LogP contribution in [-0.4, -0.2) is 72.8 Å². The molecule has 3 aromatic carbocycles. The van der Waals surface area contributed by atoms with Gasteiger partial charge in [0.2, 0.25) is 12.7 Å². The quantitative estimate of drug-likeness (QED) is 0.292. The zero-order chi connectivity index (χ0) is 28.9. The molecule has 8 rings (SSSR count). The average molecular weight is 595 g/mol. The highest BCUT2D eigenvalue weighted by Gasteiger charge is 2.36. The highest BCUT2D eigenvalue weighted by atomic mass is 32.1. The lowest BCUT2D eigenvalue weighted by molar-refractivity contribution is -0.118. The number of H-pyrrole nitrogens is 1. The maximum atomic E-state index is 14.3. The van der Waals surface area contributed by atoms with E-state index in [1.165, 1.54) is 22.3 Å². The molecule has 0 radical (unpaired) electrons. The molecule has 0 saturated carbocycles. The number of carbonyl (C=O) groups is 2. The number of hydrogen-bond acceptors (Lipinski definition) is 7. The average Bonchev–Trinajstić information content (AvgIpc) is 3.77. The Hall–Kier alpha value is -4.38. The summed E-state index contributed by atoms with van der Waals surface area (Å²) in [5, 5.41) is 5.14. The van der Waals surface area contributed by atoms with Crippen LogP contribution in [0.15, 0.2) is 66.7 Å². The molecule has 218 valence electrons. The Morgan fingerprint density at radius 2 is 1.81 bits per heavy atom. The van der Waals surface area contributed by atoms with Crippen LogP contribution >= 0.6 is 11.3 Å². The molecule has 1 unspecified atom stereocenters. The third kappa shape index (κ3) is 4.81. The van der Waals surface area contributed by atoms with Gasteiger partial charge in [0.25, 0.3) is 5.91 Å². The molecule has 0 bridgehead atoms. The first-order chi connectivity index (χ1) is 21.1. The number of carbonyl (C=O) groups excluding carboxylic acids is 2. The van der Waals surface area contributed by atoms with Crippen LogP contribution in [0.25, 0.3) is 21.0 Å². The summed E-state index contributed by atoms with van der Waals surface area (Å²) in [6.07, 6.45) is 0.760. The number of anilines is 1. The number of aromatic amines is 1. The second-order valence-electron chi connectivity index (χ2n) is 11.1. The van der Waals surface area contributed by atoms with Crippen molar-refractivity contribution in [1.82, 2.24) is 14.8 Å². The summed E-state index contributed by atoms with van der Waals surface area (Å²) in [5.41, 5.74) is 5.04. The summed E-state index contributed by atoms with van der Waals surface area (Å²) in [7, 11) is 0. The monoisotopic (exact) mass is 594 g/mol. The summed E-state index contributed by atoms with van der Waals surface area (Å²) < 4.78 is 17.6. The molecule has 0 spiro atoms. The molecule has 2 amide bonds. The van der Waals surface area contributed by atoms with E-state index in [9.17, 15) is 9.59 Å². The zero-order valence-corrected chi connectivity index (χ0v) is 24.2. The Bertz CT molecular complexity index is 1870. The standard InChI is InChI=1S/C33H30N4O5S/c38-30(18-36-11-13-40-14-12-36)34-22-6-8-28-21(15-22)17-29(43-28)33(39)37-10-9-24-23-3-1-2-4-25(23)35-31(24)32(37)20-5-7-26-27(16-20)42-19-41-26/h1-8,15-17,32,35H,9-14,18-19H2,(H,34,38). The first kappa shape index (κ1) is 26.3. The van der Waals surface area contributed by atoms with Crippen LogP contribution in [0.2, 0.25) is 0 Å². The third-order valence-electron chi connectivity index (χ3n) is 8.49. The Balaban J connectivity index is 1.10. The van der Waals surface area contributed by atoms with Gasteiger partial charge in [-0.2, -0.15) is 0 Å². The molecule has 43 heavy (non-hydrogen) atoms. The van der Waals surface area contributed by atoms with E-state index >= 15 is 0 Å². The highest BCUT2D eigenvalue weighted by Crippen LogP contribution is 2.43. The molecular weight excluding hydrogens is 564 g/mol. The van der Waals surface area contributed by atoms with Gasteiger partial charge in [-0.05, 0) is 65.4 Å². The van der Waals surface area contributed by atoms with Gasteiger partial charge in [0.15, 0.2) is 11.5 Å². The molecule has 1 fully saturated rings. The number of nitrogens with one attached hydrogen (secondary N) is 2. The maximum absolute atomic E-state index is 14.3. The van der Waals surface area contributed by atoms with Crippen molar-refractivity contribution in [2.24, 2.45) is 0 Å². The van der Waals surface area contributed by atoms with Gasteiger partial charge in [-0.3, -0.25) is 14.5 Å². The van der Waals surface area contributed by atoms with Crippen molar-refractivity contribution in [2.45, 2.75) is 12.5 Å². The van der Waals surface area contributed by atoms with E-state index < -0.39 is 0 Å². The molecule has 10 heteroatoms. The number of ether oxygens (including phenoxy) is 3.